The Kier molecular flexibility index (Phi) is 4.92. The first kappa shape index (κ1) is 17.7. The molecule has 1 unspecified atom stereocenters. The number of nitrogens with one attached hydrogen (secondary N) is 2. The number of amides is 1. The topological polar surface area (TPSA) is 59.0 Å². The van der Waals surface area contributed by atoms with Gasteiger partial charge in [-0.15, -0.1) is 0 Å². The molecule has 3 aromatic rings. The van der Waals surface area contributed by atoms with E-state index in [4.69, 9.17) is 11.6 Å². The van der Waals surface area contributed by atoms with E-state index in [1.807, 2.05) is 24.3 Å². The van der Waals surface area contributed by atoms with Crippen LogP contribution in [0.5, 0.6) is 0 Å². The van der Waals surface area contributed by atoms with Crippen molar-refractivity contribution in [1.29, 1.82) is 0 Å². The van der Waals surface area contributed by atoms with E-state index >= 15 is 0 Å². The summed E-state index contributed by atoms with van der Waals surface area (Å²) in [6.07, 6.45) is 0.697. The van der Waals surface area contributed by atoms with Crippen molar-refractivity contribution >= 4 is 17.5 Å². The van der Waals surface area contributed by atoms with E-state index in [0.717, 1.165) is 23.6 Å². The highest BCUT2D eigenvalue weighted by atomic mass is 35.5. The van der Waals surface area contributed by atoms with Crippen LogP contribution in [0.3, 0.4) is 0 Å². The number of carbonyl (C=O) groups is 1. The molecular weight excluding hydrogens is 367 g/mol. The van der Waals surface area contributed by atoms with Gasteiger partial charge in [0.15, 0.2) is 0 Å². The van der Waals surface area contributed by atoms with Crippen LogP contribution in [0.4, 0.5) is 4.39 Å². The highest BCUT2D eigenvalue weighted by Gasteiger charge is 2.27. The zero-order valence-electron chi connectivity index (χ0n) is 14.5. The summed E-state index contributed by atoms with van der Waals surface area (Å²) in [6, 6.07) is 15.6. The fourth-order valence-electron chi connectivity index (χ4n) is 3.12. The average Bonchev–Trinajstić information content (AvgIpc) is 3.12. The van der Waals surface area contributed by atoms with Crippen molar-refractivity contribution in [1.82, 2.24) is 20.4 Å². The first-order valence-corrected chi connectivity index (χ1v) is 9.09. The molecule has 0 fully saturated rings. The lowest BCUT2D eigenvalue weighted by Crippen LogP contribution is -2.45. The zero-order valence-corrected chi connectivity index (χ0v) is 15.2. The number of halogens is 2. The highest BCUT2D eigenvalue weighted by molar-refractivity contribution is 6.30. The molecule has 7 heteroatoms. The van der Waals surface area contributed by atoms with E-state index < -0.39 is 0 Å². The lowest BCUT2D eigenvalue weighted by Gasteiger charge is -2.25. The predicted molar refractivity (Wildman–Crippen MR) is 102 cm³/mol. The summed E-state index contributed by atoms with van der Waals surface area (Å²) in [7, 11) is 0. The number of hydrogen-bond donors (Lipinski definition) is 2. The number of rotatable bonds is 5. The van der Waals surface area contributed by atoms with Crippen molar-refractivity contribution < 1.29 is 9.18 Å². The third kappa shape index (κ3) is 3.86. The van der Waals surface area contributed by atoms with Crippen molar-refractivity contribution in [3.05, 3.63) is 76.7 Å². The molecule has 138 valence electrons. The summed E-state index contributed by atoms with van der Waals surface area (Å²) in [5, 5.41) is 11.6. The fraction of sp³-hybridized carbons (Fsp3) is 0.200. The van der Waals surface area contributed by atoms with Gasteiger partial charge in [-0.25, -0.2) is 9.07 Å². The molecule has 0 saturated heterocycles. The monoisotopic (exact) mass is 384 g/mol. The SMILES string of the molecule is O=C1NCC(NCCc2ccc(Cl)cc2)n2nc(-c3ccc(F)cc3)cc21. The lowest BCUT2D eigenvalue weighted by molar-refractivity contribution is 0.0901. The van der Waals surface area contributed by atoms with Gasteiger partial charge in [0.25, 0.3) is 5.91 Å². The Balaban J connectivity index is 1.49. The fourth-order valence-corrected chi connectivity index (χ4v) is 3.25. The van der Waals surface area contributed by atoms with E-state index in [0.29, 0.717) is 17.9 Å². The Labute approximate surface area is 161 Å². The van der Waals surface area contributed by atoms with Gasteiger partial charge in [0.2, 0.25) is 0 Å². The molecule has 1 amide bonds. The first-order chi connectivity index (χ1) is 13.1. The molecule has 0 aliphatic carbocycles. The summed E-state index contributed by atoms with van der Waals surface area (Å²) >= 11 is 5.91. The molecular formula is C20H18ClFN4O. The molecule has 1 aliphatic rings. The Morgan fingerprint density at radius 2 is 1.93 bits per heavy atom. The van der Waals surface area contributed by atoms with Crippen LogP contribution in [0, 0.1) is 5.82 Å². The van der Waals surface area contributed by atoms with Crippen LogP contribution < -0.4 is 10.6 Å². The molecule has 5 nitrogen and oxygen atoms in total. The zero-order chi connectivity index (χ0) is 18.8. The summed E-state index contributed by atoms with van der Waals surface area (Å²) in [6.45, 7) is 1.18. The van der Waals surface area contributed by atoms with Gasteiger partial charge in [-0.3, -0.25) is 10.1 Å². The van der Waals surface area contributed by atoms with E-state index in [2.05, 4.69) is 15.7 Å². The van der Waals surface area contributed by atoms with Gasteiger partial charge in [-0.1, -0.05) is 23.7 Å². The second-order valence-electron chi connectivity index (χ2n) is 6.42. The number of fused-ring (bicyclic) bond motifs is 1. The van der Waals surface area contributed by atoms with Crippen LogP contribution in [-0.2, 0) is 6.42 Å². The second-order valence-corrected chi connectivity index (χ2v) is 6.86. The molecule has 1 atom stereocenters. The summed E-state index contributed by atoms with van der Waals surface area (Å²) in [5.74, 6) is -0.464. The minimum Gasteiger partial charge on any atom is -0.347 e. The maximum absolute atomic E-state index is 13.1. The van der Waals surface area contributed by atoms with Crippen molar-refractivity contribution in [2.45, 2.75) is 12.6 Å². The molecule has 0 radical (unpaired) electrons. The van der Waals surface area contributed by atoms with Gasteiger partial charge in [0.1, 0.15) is 17.7 Å². The molecule has 0 spiro atoms. The normalized spacial score (nSPS) is 16.1. The summed E-state index contributed by atoms with van der Waals surface area (Å²) < 4.78 is 14.9. The molecule has 2 aromatic carbocycles. The number of aromatic nitrogens is 2. The minimum atomic E-state index is -0.304. The third-order valence-electron chi connectivity index (χ3n) is 4.57. The van der Waals surface area contributed by atoms with Crippen LogP contribution in [0.2, 0.25) is 5.02 Å². The number of hydrogen-bond acceptors (Lipinski definition) is 3. The van der Waals surface area contributed by atoms with Crippen LogP contribution in [0.15, 0.2) is 54.6 Å². The molecule has 2 N–H and O–H groups in total. The molecule has 0 bridgehead atoms. The van der Waals surface area contributed by atoms with Gasteiger partial charge in [0, 0.05) is 17.1 Å². The van der Waals surface area contributed by atoms with E-state index in [1.165, 1.54) is 17.7 Å². The first-order valence-electron chi connectivity index (χ1n) is 8.72. The summed E-state index contributed by atoms with van der Waals surface area (Å²) in [4.78, 5) is 12.2. The third-order valence-corrected chi connectivity index (χ3v) is 4.82. The minimum absolute atomic E-state index is 0.140. The second kappa shape index (κ2) is 7.50. The Hall–Kier alpha value is -2.70. The summed E-state index contributed by atoms with van der Waals surface area (Å²) in [5.41, 5.74) is 3.08. The maximum atomic E-state index is 13.1. The highest BCUT2D eigenvalue weighted by Crippen LogP contribution is 2.23. The molecule has 0 saturated carbocycles. The van der Waals surface area contributed by atoms with Gasteiger partial charge >= 0.3 is 0 Å². The van der Waals surface area contributed by atoms with Crippen molar-refractivity contribution in [3.63, 3.8) is 0 Å². The van der Waals surface area contributed by atoms with Crippen molar-refractivity contribution in [2.75, 3.05) is 13.1 Å². The van der Waals surface area contributed by atoms with Crippen LogP contribution in [-0.4, -0.2) is 28.8 Å². The van der Waals surface area contributed by atoms with Crippen LogP contribution >= 0.6 is 11.6 Å². The number of nitrogens with zero attached hydrogens (tertiary/aromatic N) is 2. The largest absolute Gasteiger partial charge is 0.347 e. The predicted octanol–water partition coefficient (Wildman–Crippen LogP) is 3.42. The van der Waals surface area contributed by atoms with E-state index in [-0.39, 0.29) is 17.9 Å². The maximum Gasteiger partial charge on any atom is 0.269 e. The Morgan fingerprint density at radius 3 is 2.67 bits per heavy atom. The Bertz CT molecular complexity index is 953. The van der Waals surface area contributed by atoms with Crippen LogP contribution in [0.25, 0.3) is 11.3 Å². The molecule has 27 heavy (non-hydrogen) atoms. The number of benzene rings is 2. The van der Waals surface area contributed by atoms with Crippen molar-refractivity contribution in [3.8, 4) is 11.3 Å². The van der Waals surface area contributed by atoms with E-state index in [9.17, 15) is 9.18 Å². The lowest BCUT2D eigenvalue weighted by atomic mass is 10.1. The van der Waals surface area contributed by atoms with Crippen molar-refractivity contribution in [2.24, 2.45) is 0 Å². The standard InChI is InChI=1S/C20H18ClFN4O/c21-15-5-1-13(2-6-15)9-10-23-19-12-24-20(27)18-11-17(25-26(18)19)14-3-7-16(22)8-4-14/h1-8,11,19,23H,9-10,12H2,(H,24,27). The molecule has 1 aliphatic heterocycles. The molecule has 2 heterocycles. The van der Waals surface area contributed by atoms with Crippen LogP contribution in [0.1, 0.15) is 22.2 Å². The molecule has 1 aromatic heterocycles. The quantitative estimate of drug-likeness (QED) is 0.708. The number of carbonyl (C=O) groups excluding carboxylic acids is 1. The van der Waals surface area contributed by atoms with Gasteiger partial charge in [-0.05, 0) is 54.4 Å². The average molecular weight is 385 g/mol. The van der Waals surface area contributed by atoms with Gasteiger partial charge in [0.05, 0.1) is 12.2 Å². The molecule has 4 rings (SSSR count). The Morgan fingerprint density at radius 1 is 1.19 bits per heavy atom. The smallest absolute Gasteiger partial charge is 0.269 e. The van der Waals surface area contributed by atoms with E-state index in [1.54, 1.807) is 22.9 Å². The van der Waals surface area contributed by atoms with Gasteiger partial charge < -0.3 is 5.32 Å². The van der Waals surface area contributed by atoms with Gasteiger partial charge in [-0.2, -0.15) is 5.10 Å².